The first-order valence-corrected chi connectivity index (χ1v) is 11.5. The maximum atomic E-state index is 14.5. The molecule has 2 atom stereocenters. The number of likely N-dealkylation sites (N-methyl/N-ethyl adjacent to an activating group) is 1. The lowest BCUT2D eigenvalue weighted by Crippen LogP contribution is -2.50. The van der Waals surface area contributed by atoms with Gasteiger partial charge >= 0.3 is 0 Å². The Kier molecular flexibility index (Phi) is 10.1. The highest BCUT2D eigenvalue weighted by atomic mass is 19.1. The van der Waals surface area contributed by atoms with Gasteiger partial charge in [-0.05, 0) is 34.2 Å². The molecule has 2 rings (SSSR count). The number of hydrogen-bond acceptors (Lipinski definition) is 8. The second-order valence-electron chi connectivity index (χ2n) is 9.07. The van der Waals surface area contributed by atoms with E-state index in [1.807, 2.05) is 26.1 Å². The van der Waals surface area contributed by atoms with E-state index in [4.69, 9.17) is 16.2 Å². The molecule has 9 nitrogen and oxygen atoms in total. The van der Waals surface area contributed by atoms with Gasteiger partial charge in [0.15, 0.2) is 5.75 Å². The van der Waals surface area contributed by atoms with Crippen molar-refractivity contribution in [3.8, 4) is 5.75 Å². The molecule has 0 amide bonds. The van der Waals surface area contributed by atoms with Crippen molar-refractivity contribution in [3.05, 3.63) is 41.5 Å². The zero-order chi connectivity index (χ0) is 25.3. The number of nitrogens with zero attached hydrogens (tertiary/aromatic N) is 5. The van der Waals surface area contributed by atoms with Crippen molar-refractivity contribution in [2.24, 2.45) is 27.4 Å². The highest BCUT2D eigenvalue weighted by Crippen LogP contribution is 2.27. The van der Waals surface area contributed by atoms with Gasteiger partial charge in [0.2, 0.25) is 0 Å². The Morgan fingerprint density at radius 2 is 2.06 bits per heavy atom. The molecule has 1 aliphatic heterocycles. The molecule has 2 unspecified atom stereocenters. The Morgan fingerprint density at radius 3 is 2.65 bits per heavy atom. The van der Waals surface area contributed by atoms with Crippen molar-refractivity contribution in [1.82, 2.24) is 20.2 Å². The van der Waals surface area contributed by atoms with Crippen molar-refractivity contribution in [3.63, 3.8) is 0 Å². The third-order valence-corrected chi connectivity index (χ3v) is 5.52. The lowest BCUT2D eigenvalue weighted by Gasteiger charge is -2.34. The van der Waals surface area contributed by atoms with Crippen LogP contribution in [0.1, 0.15) is 39.4 Å². The van der Waals surface area contributed by atoms with E-state index < -0.39 is 11.8 Å². The van der Waals surface area contributed by atoms with Crippen LogP contribution < -0.4 is 21.5 Å². The Labute approximate surface area is 202 Å². The topological polar surface area (TPSA) is 127 Å². The average molecular weight is 475 g/mol. The third-order valence-electron chi connectivity index (χ3n) is 5.52. The SMILES string of the molecule is CNCC=C(CC(C)(C)F)C(C)C(N)N(C)C(=NCC1=CCCN=C1N)Oc1cnc(C)nc1. The molecule has 188 valence electrons. The van der Waals surface area contributed by atoms with Crippen LogP contribution in [0, 0.1) is 12.8 Å². The number of rotatable bonds is 10. The summed E-state index contributed by atoms with van der Waals surface area (Å²) in [5.41, 5.74) is 13.1. The van der Waals surface area contributed by atoms with Gasteiger partial charge in [-0.2, -0.15) is 0 Å². The predicted octanol–water partition coefficient (Wildman–Crippen LogP) is 2.34. The average Bonchev–Trinajstić information content (AvgIpc) is 2.79. The van der Waals surface area contributed by atoms with Crippen LogP contribution in [0.25, 0.3) is 0 Å². The number of dihydropyridines is 1. The van der Waals surface area contributed by atoms with E-state index in [2.05, 4.69) is 25.3 Å². The third kappa shape index (κ3) is 8.49. The first-order chi connectivity index (χ1) is 16.0. The van der Waals surface area contributed by atoms with Crippen molar-refractivity contribution in [1.29, 1.82) is 0 Å². The Balaban J connectivity index is 2.31. The van der Waals surface area contributed by atoms with Gasteiger partial charge in [0, 0.05) is 38.0 Å². The smallest absolute Gasteiger partial charge is 0.294 e. The normalized spacial score (nSPS) is 17.1. The maximum Gasteiger partial charge on any atom is 0.294 e. The minimum absolute atomic E-state index is 0.169. The molecule has 1 aromatic rings. The summed E-state index contributed by atoms with van der Waals surface area (Å²) in [6.45, 7) is 8.51. The minimum atomic E-state index is -1.36. The highest BCUT2D eigenvalue weighted by Gasteiger charge is 2.28. The van der Waals surface area contributed by atoms with Crippen molar-refractivity contribution >= 4 is 11.9 Å². The minimum Gasteiger partial charge on any atom is -0.423 e. The van der Waals surface area contributed by atoms with Gasteiger partial charge in [0.25, 0.3) is 6.02 Å². The van der Waals surface area contributed by atoms with Gasteiger partial charge in [0.05, 0.1) is 25.1 Å². The fourth-order valence-electron chi connectivity index (χ4n) is 3.50. The number of nitrogens with one attached hydrogen (secondary N) is 1. The molecule has 1 aromatic heterocycles. The summed E-state index contributed by atoms with van der Waals surface area (Å²) in [6.07, 6.45) is 7.76. The van der Waals surface area contributed by atoms with Crippen molar-refractivity contribution in [2.75, 3.05) is 33.7 Å². The Morgan fingerprint density at radius 1 is 1.38 bits per heavy atom. The lowest BCUT2D eigenvalue weighted by atomic mass is 9.88. The van der Waals surface area contributed by atoms with Crippen LogP contribution in [0.3, 0.4) is 0 Å². The summed E-state index contributed by atoms with van der Waals surface area (Å²) in [5, 5.41) is 3.08. The summed E-state index contributed by atoms with van der Waals surface area (Å²) in [7, 11) is 3.65. The quantitative estimate of drug-likeness (QED) is 0.206. The van der Waals surface area contributed by atoms with E-state index in [0.29, 0.717) is 43.1 Å². The highest BCUT2D eigenvalue weighted by molar-refractivity contribution is 5.98. The molecule has 0 aliphatic carbocycles. The number of aryl methyl sites for hydroxylation is 1. The van der Waals surface area contributed by atoms with E-state index in [1.54, 1.807) is 45.1 Å². The molecule has 2 heterocycles. The van der Waals surface area contributed by atoms with Crippen molar-refractivity contribution in [2.45, 2.75) is 52.4 Å². The second kappa shape index (κ2) is 12.6. The second-order valence-corrected chi connectivity index (χ2v) is 9.07. The zero-order valence-corrected chi connectivity index (χ0v) is 21.2. The van der Waals surface area contributed by atoms with Gasteiger partial charge < -0.3 is 26.4 Å². The first kappa shape index (κ1) is 27.4. The number of ether oxygens (including phenoxy) is 1. The number of halogens is 1. The Bertz CT molecular complexity index is 918. The van der Waals surface area contributed by atoms with Crippen LogP contribution in [0.2, 0.25) is 0 Å². The van der Waals surface area contributed by atoms with Gasteiger partial charge in [-0.3, -0.25) is 4.99 Å². The fourth-order valence-corrected chi connectivity index (χ4v) is 3.50. The number of aromatic nitrogens is 2. The van der Waals surface area contributed by atoms with E-state index in [9.17, 15) is 4.39 Å². The molecule has 0 radical (unpaired) electrons. The standard InChI is InChI=1S/C24H39FN8O/c1-16(18(9-11-28-5)12-24(3,4)25)22(27)33(6)23(34-20-14-30-17(2)31-15-20)32-13-19-8-7-10-29-21(19)26/h8-9,14-16,22,28H,7,10-13,27H2,1-6H3,(H2,26,29). The monoisotopic (exact) mass is 474 g/mol. The van der Waals surface area contributed by atoms with Crippen LogP contribution in [-0.2, 0) is 0 Å². The molecule has 10 heteroatoms. The van der Waals surface area contributed by atoms with Crippen LogP contribution >= 0.6 is 0 Å². The molecule has 0 bridgehead atoms. The summed E-state index contributed by atoms with van der Waals surface area (Å²) in [4.78, 5) is 19.1. The number of aliphatic imine (C=N–C) groups is 2. The predicted molar refractivity (Wildman–Crippen MR) is 136 cm³/mol. The summed E-state index contributed by atoms with van der Waals surface area (Å²) in [6, 6.07) is 0.290. The van der Waals surface area contributed by atoms with Gasteiger partial charge in [-0.1, -0.05) is 24.6 Å². The van der Waals surface area contributed by atoms with Gasteiger partial charge in [0.1, 0.15) is 17.3 Å². The molecule has 0 aromatic carbocycles. The number of hydrogen-bond donors (Lipinski definition) is 3. The van der Waals surface area contributed by atoms with E-state index in [0.717, 1.165) is 17.6 Å². The zero-order valence-electron chi connectivity index (χ0n) is 21.2. The maximum absolute atomic E-state index is 14.5. The molecule has 34 heavy (non-hydrogen) atoms. The van der Waals surface area contributed by atoms with Crippen molar-refractivity contribution < 1.29 is 9.13 Å². The number of amidine groups is 2. The summed E-state index contributed by atoms with van der Waals surface area (Å²) in [5.74, 6) is 1.38. The van der Waals surface area contributed by atoms with Crippen LogP contribution in [0.4, 0.5) is 4.39 Å². The van der Waals surface area contributed by atoms with Gasteiger partial charge in [-0.25, -0.2) is 19.4 Å². The molecule has 0 spiro atoms. The summed E-state index contributed by atoms with van der Waals surface area (Å²) >= 11 is 0. The molecule has 1 aliphatic rings. The summed E-state index contributed by atoms with van der Waals surface area (Å²) < 4.78 is 20.6. The Hall–Kier alpha value is -2.85. The molecule has 0 fully saturated rings. The largest absolute Gasteiger partial charge is 0.423 e. The number of alkyl halides is 1. The van der Waals surface area contributed by atoms with E-state index in [-0.39, 0.29) is 12.3 Å². The van der Waals surface area contributed by atoms with Gasteiger partial charge in [-0.15, -0.1) is 0 Å². The molecule has 0 saturated carbocycles. The number of nitrogens with two attached hydrogens (primary N) is 2. The van der Waals surface area contributed by atoms with Crippen LogP contribution in [-0.4, -0.2) is 72.3 Å². The van der Waals surface area contributed by atoms with E-state index >= 15 is 0 Å². The first-order valence-electron chi connectivity index (χ1n) is 11.5. The molecular weight excluding hydrogens is 435 g/mol. The van der Waals surface area contributed by atoms with Crippen LogP contribution in [0.5, 0.6) is 5.75 Å². The molecule has 5 N–H and O–H groups in total. The van der Waals surface area contributed by atoms with Crippen LogP contribution in [0.15, 0.2) is 45.7 Å². The fraction of sp³-hybridized carbons (Fsp3) is 0.583. The molecule has 0 saturated heterocycles. The lowest BCUT2D eigenvalue weighted by molar-refractivity contribution is 0.199. The molecular formula is C24H39FN8O. The van der Waals surface area contributed by atoms with E-state index in [1.165, 1.54) is 0 Å².